The smallest absolute Gasteiger partial charge is 0.386 e. The first kappa shape index (κ1) is 11.4. The number of rotatable bonds is 2. The number of benzene rings is 1. The fourth-order valence-corrected chi connectivity index (χ4v) is 1.84. The van der Waals surface area contributed by atoms with E-state index < -0.39 is 5.97 Å². The summed E-state index contributed by atoms with van der Waals surface area (Å²) < 4.78 is 5.22. The van der Waals surface area contributed by atoms with Gasteiger partial charge in [0.15, 0.2) is 4.98 Å². The van der Waals surface area contributed by atoms with Crippen molar-refractivity contribution in [3.8, 4) is 0 Å². The summed E-state index contributed by atoms with van der Waals surface area (Å²) in [5, 5.41) is 17.8. The number of hydrogen-bond donors (Lipinski definition) is 1. The van der Waals surface area contributed by atoms with Crippen molar-refractivity contribution in [2.75, 3.05) is 31.2 Å². The summed E-state index contributed by atoms with van der Waals surface area (Å²) in [6.07, 6.45) is 0. The van der Waals surface area contributed by atoms with E-state index in [2.05, 4.69) is 4.98 Å². The summed E-state index contributed by atoms with van der Waals surface area (Å²) in [7, 11) is 0. The Hall–Kier alpha value is -2.13. The van der Waals surface area contributed by atoms with Gasteiger partial charge in [-0.2, -0.15) is 0 Å². The number of anilines is 1. The predicted octanol–water partition coefficient (Wildman–Crippen LogP) is 1.71. The van der Waals surface area contributed by atoms with E-state index in [0.29, 0.717) is 32.0 Å². The average Bonchev–Trinajstić information content (AvgIpc) is 2.39. The molecule has 1 aliphatic heterocycles. The van der Waals surface area contributed by atoms with Crippen LogP contribution < -0.4 is 4.90 Å². The van der Waals surface area contributed by atoms with E-state index in [1.807, 2.05) is 4.90 Å². The zero-order valence-electron chi connectivity index (χ0n) is 9.17. The average molecular weight is 234 g/mol. The molecule has 1 saturated heterocycles. The zero-order valence-corrected chi connectivity index (χ0v) is 9.17. The maximum Gasteiger partial charge on any atom is 0.386 e. The molecule has 1 aromatic rings. The van der Waals surface area contributed by atoms with Crippen molar-refractivity contribution in [2.45, 2.75) is 0 Å². The Bertz CT molecular complexity index is 475. The first-order chi connectivity index (χ1) is 8.22. The largest absolute Gasteiger partial charge is 0.478 e. The lowest BCUT2D eigenvalue weighted by atomic mass is 10.1. The molecule has 2 rings (SSSR count). The van der Waals surface area contributed by atoms with Crippen LogP contribution in [0.4, 0.5) is 11.4 Å². The van der Waals surface area contributed by atoms with E-state index in [4.69, 9.17) is 15.2 Å². The van der Waals surface area contributed by atoms with Crippen LogP contribution in [-0.4, -0.2) is 37.4 Å². The third-order valence-corrected chi connectivity index (χ3v) is 2.68. The lowest BCUT2D eigenvalue weighted by Gasteiger charge is -2.29. The van der Waals surface area contributed by atoms with Crippen LogP contribution >= 0.6 is 0 Å². The highest BCUT2D eigenvalue weighted by atomic mass is 16.5. The Morgan fingerprint density at radius 3 is 2.71 bits per heavy atom. The summed E-state index contributed by atoms with van der Waals surface area (Å²) >= 11 is 0. The molecule has 88 valence electrons. The lowest BCUT2D eigenvalue weighted by molar-refractivity contribution is 0.0696. The predicted molar refractivity (Wildman–Crippen MR) is 61.2 cm³/mol. The summed E-state index contributed by atoms with van der Waals surface area (Å²) in [6.45, 7) is 2.50. The molecule has 1 heterocycles. The summed E-state index contributed by atoms with van der Waals surface area (Å²) in [6, 6.07) is 4.59. The molecule has 1 fully saturated rings. The number of morpholine rings is 1. The number of carboxylic acid groups (broad SMARTS) is 1. The van der Waals surface area contributed by atoms with Gasteiger partial charge in [-0.05, 0) is 6.07 Å². The van der Waals surface area contributed by atoms with Gasteiger partial charge >= 0.3 is 11.7 Å². The van der Waals surface area contributed by atoms with E-state index in [1.54, 1.807) is 12.1 Å². The van der Waals surface area contributed by atoms with Gasteiger partial charge in [-0.3, -0.25) is 0 Å². The highest BCUT2D eigenvalue weighted by molar-refractivity contribution is 5.95. The zero-order chi connectivity index (χ0) is 12.3. The highest BCUT2D eigenvalue weighted by Crippen LogP contribution is 2.26. The number of hydrogen-bond acceptors (Lipinski definition) is 4. The molecule has 0 unspecified atom stereocenters. The number of aromatic carboxylic acids is 1. The molecule has 0 aliphatic carbocycles. The minimum atomic E-state index is -1.03. The van der Waals surface area contributed by atoms with E-state index in [-0.39, 0.29) is 11.3 Å². The Kier molecular flexibility index (Phi) is 3.21. The molecule has 0 atom stereocenters. The monoisotopic (exact) mass is 234 g/mol. The summed E-state index contributed by atoms with van der Waals surface area (Å²) in [5.74, 6) is -1.03. The molecule has 0 bridgehead atoms. The van der Waals surface area contributed by atoms with Crippen LogP contribution in [0.25, 0.3) is 4.98 Å². The first-order valence-corrected chi connectivity index (χ1v) is 5.27. The van der Waals surface area contributed by atoms with Crippen LogP contribution in [-0.2, 0) is 4.74 Å². The van der Waals surface area contributed by atoms with Crippen LogP contribution in [0, 0.1) is 5.39 Å². The molecule has 0 saturated carbocycles. The van der Waals surface area contributed by atoms with Gasteiger partial charge in [0.25, 0.3) is 0 Å². The van der Waals surface area contributed by atoms with Gasteiger partial charge in [-0.15, -0.1) is 0 Å². The highest BCUT2D eigenvalue weighted by Gasteiger charge is 2.21. The van der Waals surface area contributed by atoms with Crippen molar-refractivity contribution in [1.29, 1.82) is 5.39 Å². The van der Waals surface area contributed by atoms with Gasteiger partial charge < -0.3 is 14.7 Å². The Morgan fingerprint density at radius 2 is 2.12 bits per heavy atom. The maximum atomic E-state index is 11.2. The molecule has 0 spiro atoms. The quantitative estimate of drug-likeness (QED) is 0.788. The van der Waals surface area contributed by atoms with Crippen LogP contribution in [0.5, 0.6) is 0 Å². The Labute approximate surface area is 98.0 Å². The molecule has 1 aliphatic rings. The van der Waals surface area contributed by atoms with E-state index in [1.165, 1.54) is 6.07 Å². The minimum absolute atomic E-state index is 0.141. The van der Waals surface area contributed by atoms with E-state index >= 15 is 0 Å². The minimum Gasteiger partial charge on any atom is -0.478 e. The molecule has 0 aromatic heterocycles. The van der Waals surface area contributed by atoms with Gasteiger partial charge in [0.1, 0.15) is 0 Å². The van der Waals surface area contributed by atoms with Gasteiger partial charge in [0, 0.05) is 19.2 Å². The third-order valence-electron chi connectivity index (χ3n) is 2.68. The third kappa shape index (κ3) is 2.34. The number of ether oxygens (including phenoxy) is 1. The second-order valence-corrected chi connectivity index (χ2v) is 3.71. The number of diazo groups is 1. The molecule has 0 amide bonds. The topological polar surface area (TPSA) is 77.9 Å². The van der Waals surface area contributed by atoms with Crippen LogP contribution in [0.2, 0.25) is 0 Å². The van der Waals surface area contributed by atoms with Crippen molar-refractivity contribution in [3.63, 3.8) is 0 Å². The van der Waals surface area contributed by atoms with Gasteiger partial charge in [0.2, 0.25) is 5.39 Å². The second-order valence-electron chi connectivity index (χ2n) is 3.71. The van der Waals surface area contributed by atoms with E-state index in [9.17, 15) is 4.79 Å². The van der Waals surface area contributed by atoms with Gasteiger partial charge in [-0.25, -0.2) is 4.79 Å². The molecule has 6 nitrogen and oxygen atoms in total. The molecule has 1 aromatic carbocycles. The fraction of sp³-hybridized carbons (Fsp3) is 0.364. The fourth-order valence-electron chi connectivity index (χ4n) is 1.84. The van der Waals surface area contributed by atoms with Gasteiger partial charge in [0.05, 0.1) is 30.5 Å². The summed E-state index contributed by atoms with van der Waals surface area (Å²) in [4.78, 5) is 16.1. The Morgan fingerprint density at radius 1 is 1.41 bits per heavy atom. The van der Waals surface area contributed by atoms with Gasteiger partial charge in [-0.1, -0.05) is 0 Å². The molecular weight excluding hydrogens is 222 g/mol. The molecule has 6 heteroatoms. The number of nitrogens with zero attached hydrogens (tertiary/aromatic N) is 3. The maximum absolute atomic E-state index is 11.2. The van der Waals surface area contributed by atoms with Crippen molar-refractivity contribution in [1.82, 2.24) is 0 Å². The first-order valence-electron chi connectivity index (χ1n) is 5.27. The molecular formula is C11H12N3O3+. The van der Waals surface area contributed by atoms with Crippen LogP contribution in [0.1, 0.15) is 10.4 Å². The second kappa shape index (κ2) is 4.80. The van der Waals surface area contributed by atoms with Crippen LogP contribution in [0.3, 0.4) is 0 Å². The molecule has 1 N–H and O–H groups in total. The van der Waals surface area contributed by atoms with Crippen molar-refractivity contribution in [2.24, 2.45) is 0 Å². The lowest BCUT2D eigenvalue weighted by Crippen LogP contribution is -2.37. The van der Waals surface area contributed by atoms with Crippen LogP contribution in [0.15, 0.2) is 18.2 Å². The van der Waals surface area contributed by atoms with Crippen molar-refractivity contribution >= 4 is 17.3 Å². The van der Waals surface area contributed by atoms with E-state index in [0.717, 1.165) is 0 Å². The normalized spacial score (nSPS) is 15.4. The number of carboxylic acids is 1. The molecule has 0 radical (unpaired) electrons. The SMILES string of the molecule is N#[N+]c1ccc(N2CCOCC2)c(C(=O)O)c1. The summed E-state index contributed by atoms with van der Waals surface area (Å²) in [5.41, 5.74) is 1.01. The van der Waals surface area contributed by atoms with Crippen molar-refractivity contribution < 1.29 is 14.6 Å². The number of carbonyl (C=O) groups is 1. The van der Waals surface area contributed by atoms with Crippen molar-refractivity contribution in [3.05, 3.63) is 28.7 Å². The Balaban J connectivity index is 2.38. The standard InChI is InChI=1S/C11H11N3O3/c12-13-8-1-2-10(9(7-8)11(15)16)14-3-5-17-6-4-14/h1-2,7H,3-6H2/p+1. The molecule has 17 heavy (non-hydrogen) atoms.